The van der Waals surface area contributed by atoms with E-state index in [4.69, 9.17) is 4.74 Å². The highest BCUT2D eigenvalue weighted by Gasteiger charge is 2.18. The predicted molar refractivity (Wildman–Crippen MR) is 63.2 cm³/mol. The summed E-state index contributed by atoms with van der Waals surface area (Å²) >= 11 is 3.13. The number of nitro benzene ring substituents is 1. The number of carbonyl (C=O) groups excluding carboxylic acids is 1. The van der Waals surface area contributed by atoms with Gasteiger partial charge in [0.05, 0.1) is 9.40 Å². The van der Waals surface area contributed by atoms with Crippen LogP contribution in [0.2, 0.25) is 0 Å². The monoisotopic (exact) mass is 303 g/mol. The summed E-state index contributed by atoms with van der Waals surface area (Å²) in [6.45, 7) is -0.352. The first-order chi connectivity index (χ1) is 8.06. The molecule has 1 aromatic carbocycles. The maximum atomic E-state index is 11.2. The number of ether oxygens (including phenoxy) is 2. The Balaban J connectivity index is 2.82. The Hall–Kier alpha value is -1.47. The van der Waals surface area contributed by atoms with Crippen LogP contribution in [0.1, 0.15) is 0 Å². The first-order valence-electron chi connectivity index (χ1n) is 4.62. The van der Waals surface area contributed by atoms with Gasteiger partial charge in [-0.05, 0) is 22.0 Å². The molecule has 0 aliphatic heterocycles. The van der Waals surface area contributed by atoms with E-state index >= 15 is 0 Å². The summed E-state index contributed by atoms with van der Waals surface area (Å²) in [5.74, 6) is -0.250. The van der Waals surface area contributed by atoms with Crippen molar-refractivity contribution in [2.24, 2.45) is 0 Å². The summed E-state index contributed by atoms with van der Waals surface area (Å²) in [5, 5.41) is 10.7. The van der Waals surface area contributed by atoms with E-state index in [0.29, 0.717) is 4.47 Å². The average Bonchev–Trinajstić information content (AvgIpc) is 2.27. The fraction of sp³-hybridized carbons (Fsp3) is 0.300. The second-order valence-electron chi connectivity index (χ2n) is 3.11. The van der Waals surface area contributed by atoms with E-state index in [2.05, 4.69) is 20.7 Å². The summed E-state index contributed by atoms with van der Waals surface area (Å²) in [4.78, 5) is 21.3. The molecule has 0 unspecified atom stereocenters. The van der Waals surface area contributed by atoms with Crippen molar-refractivity contribution in [1.29, 1.82) is 0 Å². The molecule has 0 atom stereocenters. The zero-order valence-corrected chi connectivity index (χ0v) is 10.6. The Morgan fingerprint density at radius 1 is 1.47 bits per heavy atom. The number of benzene rings is 1. The van der Waals surface area contributed by atoms with Crippen LogP contribution in [0.5, 0.6) is 5.75 Å². The molecule has 92 valence electrons. The Morgan fingerprint density at radius 2 is 2.18 bits per heavy atom. The van der Waals surface area contributed by atoms with Crippen LogP contribution in [0, 0.1) is 10.1 Å². The number of rotatable bonds is 6. The Morgan fingerprint density at radius 3 is 2.76 bits per heavy atom. The zero-order valence-electron chi connectivity index (χ0n) is 9.01. The molecular formula is C10H10BrNO5. The molecule has 0 amide bonds. The third-order valence-electron chi connectivity index (χ3n) is 1.83. The van der Waals surface area contributed by atoms with Crippen molar-refractivity contribution >= 4 is 27.4 Å². The largest absolute Gasteiger partial charge is 0.478 e. The number of para-hydroxylation sites is 1. The van der Waals surface area contributed by atoms with E-state index in [1.807, 2.05) is 0 Å². The average molecular weight is 304 g/mol. The maximum Gasteiger partial charge on any atom is 0.312 e. The smallest absolute Gasteiger partial charge is 0.312 e. The number of ketones is 1. The molecule has 0 saturated heterocycles. The lowest BCUT2D eigenvalue weighted by Gasteiger charge is -2.07. The summed E-state index contributed by atoms with van der Waals surface area (Å²) in [7, 11) is 1.39. The van der Waals surface area contributed by atoms with Crippen LogP contribution >= 0.6 is 15.9 Å². The molecule has 6 nitrogen and oxygen atoms in total. The summed E-state index contributed by atoms with van der Waals surface area (Å²) in [6.07, 6.45) is 0. The van der Waals surface area contributed by atoms with Gasteiger partial charge in [-0.15, -0.1) is 0 Å². The number of nitro groups is 1. The third kappa shape index (κ3) is 3.79. The van der Waals surface area contributed by atoms with Gasteiger partial charge in [-0.1, -0.05) is 6.07 Å². The molecule has 0 fully saturated rings. The van der Waals surface area contributed by atoms with Crippen molar-refractivity contribution in [2.75, 3.05) is 20.3 Å². The maximum absolute atomic E-state index is 11.2. The fourth-order valence-electron chi connectivity index (χ4n) is 1.14. The van der Waals surface area contributed by atoms with Crippen LogP contribution in [0.3, 0.4) is 0 Å². The molecule has 0 spiro atoms. The van der Waals surface area contributed by atoms with Crippen molar-refractivity contribution < 1.29 is 19.2 Å². The molecule has 0 aliphatic rings. The van der Waals surface area contributed by atoms with Crippen molar-refractivity contribution in [3.8, 4) is 5.75 Å². The summed E-state index contributed by atoms with van der Waals surface area (Å²) in [5.41, 5.74) is -0.190. The van der Waals surface area contributed by atoms with Gasteiger partial charge in [0, 0.05) is 13.2 Å². The minimum Gasteiger partial charge on any atom is -0.478 e. The lowest BCUT2D eigenvalue weighted by atomic mass is 10.3. The van der Waals surface area contributed by atoms with Gasteiger partial charge in [-0.3, -0.25) is 14.9 Å². The van der Waals surface area contributed by atoms with Crippen LogP contribution in [0.25, 0.3) is 0 Å². The van der Waals surface area contributed by atoms with E-state index in [9.17, 15) is 14.9 Å². The van der Waals surface area contributed by atoms with Crippen LogP contribution in [-0.2, 0) is 9.53 Å². The number of hydrogen-bond acceptors (Lipinski definition) is 5. The van der Waals surface area contributed by atoms with Crippen LogP contribution in [0.4, 0.5) is 5.69 Å². The predicted octanol–water partition coefficient (Wildman–Crippen LogP) is 1.95. The van der Waals surface area contributed by atoms with Gasteiger partial charge in [0.1, 0.15) is 13.2 Å². The van der Waals surface area contributed by atoms with Gasteiger partial charge < -0.3 is 9.47 Å². The standard InChI is InChI=1S/C10H10BrNO5/c1-16-5-7(13)6-17-10-8(11)3-2-4-9(10)12(14)15/h2-4H,5-6H2,1H3. The van der Waals surface area contributed by atoms with E-state index < -0.39 is 4.92 Å². The first-order valence-corrected chi connectivity index (χ1v) is 5.42. The third-order valence-corrected chi connectivity index (χ3v) is 2.45. The Bertz CT molecular complexity index is 435. The second-order valence-corrected chi connectivity index (χ2v) is 3.96. The molecule has 1 aromatic rings. The number of halogens is 1. The number of carbonyl (C=O) groups is 1. The lowest BCUT2D eigenvalue weighted by Crippen LogP contribution is -2.16. The van der Waals surface area contributed by atoms with E-state index in [1.54, 1.807) is 6.07 Å². The van der Waals surface area contributed by atoms with Crippen molar-refractivity contribution in [3.05, 3.63) is 32.8 Å². The van der Waals surface area contributed by atoms with E-state index in [-0.39, 0.29) is 30.4 Å². The molecule has 1 rings (SSSR count). The lowest BCUT2D eigenvalue weighted by molar-refractivity contribution is -0.385. The quantitative estimate of drug-likeness (QED) is 0.593. The first kappa shape index (κ1) is 13.6. The minimum atomic E-state index is -0.569. The molecule has 0 N–H and O–H groups in total. The number of methoxy groups -OCH3 is 1. The summed E-state index contributed by atoms with van der Waals surface area (Å²) < 4.78 is 10.2. The highest BCUT2D eigenvalue weighted by Crippen LogP contribution is 2.34. The highest BCUT2D eigenvalue weighted by molar-refractivity contribution is 9.10. The zero-order chi connectivity index (χ0) is 12.8. The summed E-state index contributed by atoms with van der Waals surface area (Å²) in [6, 6.07) is 4.43. The van der Waals surface area contributed by atoms with Crippen LogP contribution < -0.4 is 4.74 Å². The minimum absolute atomic E-state index is 0.0435. The van der Waals surface area contributed by atoms with Crippen molar-refractivity contribution in [3.63, 3.8) is 0 Å². The fourth-order valence-corrected chi connectivity index (χ4v) is 1.61. The number of Topliss-reactive ketones (excluding diaryl/α,β-unsaturated/α-hetero) is 1. The van der Waals surface area contributed by atoms with Crippen LogP contribution in [0.15, 0.2) is 22.7 Å². The van der Waals surface area contributed by atoms with E-state index in [1.165, 1.54) is 19.2 Å². The van der Waals surface area contributed by atoms with Crippen molar-refractivity contribution in [1.82, 2.24) is 0 Å². The molecule has 0 radical (unpaired) electrons. The van der Waals surface area contributed by atoms with Gasteiger partial charge in [0.2, 0.25) is 5.75 Å². The SMILES string of the molecule is COCC(=O)COc1c(Br)cccc1[N+](=O)[O-]. The molecular weight excluding hydrogens is 294 g/mol. The topological polar surface area (TPSA) is 78.7 Å². The van der Waals surface area contributed by atoms with Gasteiger partial charge in [-0.25, -0.2) is 0 Å². The van der Waals surface area contributed by atoms with Gasteiger partial charge in [0.25, 0.3) is 0 Å². The normalized spacial score (nSPS) is 10.0. The molecule has 0 aromatic heterocycles. The van der Waals surface area contributed by atoms with Crippen molar-refractivity contribution in [2.45, 2.75) is 0 Å². The second kappa shape index (κ2) is 6.31. The Labute approximate surface area is 106 Å². The van der Waals surface area contributed by atoms with Gasteiger partial charge in [0.15, 0.2) is 5.78 Å². The molecule has 17 heavy (non-hydrogen) atoms. The molecule has 7 heteroatoms. The van der Waals surface area contributed by atoms with Gasteiger partial charge in [-0.2, -0.15) is 0 Å². The number of nitrogens with zero attached hydrogens (tertiary/aromatic N) is 1. The molecule has 0 bridgehead atoms. The van der Waals surface area contributed by atoms with Crippen LogP contribution in [-0.4, -0.2) is 31.0 Å². The molecule has 0 aliphatic carbocycles. The van der Waals surface area contributed by atoms with E-state index in [0.717, 1.165) is 0 Å². The molecule has 0 heterocycles. The van der Waals surface area contributed by atoms with Gasteiger partial charge >= 0.3 is 5.69 Å². The number of hydrogen-bond donors (Lipinski definition) is 0. The Kier molecular flexibility index (Phi) is 5.05. The highest BCUT2D eigenvalue weighted by atomic mass is 79.9. The molecule has 0 saturated carbocycles.